The summed E-state index contributed by atoms with van der Waals surface area (Å²) in [5.74, 6) is 2.98. The number of piperazine rings is 1. The molecule has 2 aliphatic heterocycles. The molecule has 11 heteroatoms. The average molecular weight is 542 g/mol. The van der Waals surface area contributed by atoms with Crippen LogP contribution >= 0.6 is 11.6 Å². The molecule has 0 unspecified atom stereocenters. The number of halogens is 1. The van der Waals surface area contributed by atoms with Gasteiger partial charge in [0.05, 0.1) is 46.5 Å². The van der Waals surface area contributed by atoms with Crippen LogP contribution in [0, 0.1) is 0 Å². The van der Waals surface area contributed by atoms with Crippen LogP contribution in [0.15, 0.2) is 30.3 Å². The summed E-state index contributed by atoms with van der Waals surface area (Å²) in [6.45, 7) is 5.83. The maximum atomic E-state index is 12.8. The molecule has 2 fully saturated rings. The molecule has 0 spiro atoms. The Balaban J connectivity index is 1.48. The molecule has 3 aromatic rings. The molecular weight excluding hydrogens is 510 g/mol. The minimum absolute atomic E-state index is 0.154. The van der Waals surface area contributed by atoms with E-state index in [0.29, 0.717) is 79.5 Å². The molecule has 2 aromatic carbocycles. The average Bonchev–Trinajstić information content (AvgIpc) is 2.96. The fourth-order valence-electron chi connectivity index (χ4n) is 4.90. The summed E-state index contributed by atoms with van der Waals surface area (Å²) in [5, 5.41) is 1.44. The zero-order valence-corrected chi connectivity index (χ0v) is 22.7. The van der Waals surface area contributed by atoms with Gasteiger partial charge in [-0.25, -0.2) is 9.97 Å². The van der Waals surface area contributed by atoms with Gasteiger partial charge in [0, 0.05) is 49.9 Å². The number of fused-ring (bicyclic) bond motifs is 1. The van der Waals surface area contributed by atoms with Gasteiger partial charge >= 0.3 is 0 Å². The number of anilines is 1. The van der Waals surface area contributed by atoms with E-state index in [1.54, 1.807) is 21.3 Å². The fourth-order valence-corrected chi connectivity index (χ4v) is 5.03. The van der Waals surface area contributed by atoms with E-state index in [9.17, 15) is 4.79 Å². The normalized spacial score (nSPS) is 16.5. The first-order valence-electron chi connectivity index (χ1n) is 12.6. The van der Waals surface area contributed by atoms with Crippen molar-refractivity contribution in [2.24, 2.45) is 0 Å². The Kier molecular flexibility index (Phi) is 8.01. The van der Waals surface area contributed by atoms with E-state index in [4.69, 9.17) is 40.5 Å². The van der Waals surface area contributed by atoms with E-state index in [1.807, 2.05) is 35.2 Å². The minimum Gasteiger partial charge on any atom is -0.493 e. The predicted octanol–water partition coefficient (Wildman–Crippen LogP) is 2.96. The fraction of sp³-hybridized carbons (Fsp3) is 0.444. The molecular formula is C27H32ClN5O5. The van der Waals surface area contributed by atoms with Crippen LogP contribution in [0.4, 0.5) is 5.82 Å². The molecule has 10 nitrogen and oxygen atoms in total. The number of hydrogen-bond acceptors (Lipinski definition) is 9. The topological polar surface area (TPSA) is 89.5 Å². The summed E-state index contributed by atoms with van der Waals surface area (Å²) >= 11 is 6.13. The third-order valence-electron chi connectivity index (χ3n) is 6.97. The molecule has 38 heavy (non-hydrogen) atoms. The van der Waals surface area contributed by atoms with E-state index < -0.39 is 0 Å². The SMILES string of the molecule is COc1cc2c(N3CCN(CC(=O)N4CCOCC4)CC3)nc(-c3ccc(Cl)cc3)nc2c(OC)c1OC. The van der Waals surface area contributed by atoms with Crippen LogP contribution in [0.2, 0.25) is 5.02 Å². The molecule has 5 rings (SSSR count). The van der Waals surface area contributed by atoms with Crippen LogP contribution < -0.4 is 19.1 Å². The van der Waals surface area contributed by atoms with Gasteiger partial charge in [-0.1, -0.05) is 11.6 Å². The standard InChI is InChI=1S/C27H32ClN5O5/c1-35-21-16-20-23(25(37-3)24(21)36-2)29-26(18-4-6-19(28)7-5-18)30-27(20)33-10-8-31(9-11-33)17-22(34)32-12-14-38-15-13-32/h4-7,16H,8-15,17H2,1-3H3. The largest absolute Gasteiger partial charge is 0.493 e. The maximum Gasteiger partial charge on any atom is 0.236 e. The Morgan fingerprint density at radius 1 is 0.921 bits per heavy atom. The highest BCUT2D eigenvalue weighted by Gasteiger charge is 2.27. The number of carbonyl (C=O) groups excluding carboxylic acids is 1. The number of rotatable bonds is 7. The number of carbonyl (C=O) groups is 1. The molecule has 3 heterocycles. The number of amides is 1. The van der Waals surface area contributed by atoms with Gasteiger partial charge in [0.15, 0.2) is 17.3 Å². The summed E-state index contributed by atoms with van der Waals surface area (Å²) in [6.07, 6.45) is 0. The van der Waals surface area contributed by atoms with Gasteiger partial charge in [0.2, 0.25) is 11.7 Å². The maximum absolute atomic E-state index is 12.8. The molecule has 1 amide bonds. The predicted molar refractivity (Wildman–Crippen MR) is 146 cm³/mol. The lowest BCUT2D eigenvalue weighted by Gasteiger charge is -2.37. The smallest absolute Gasteiger partial charge is 0.236 e. The van der Waals surface area contributed by atoms with E-state index in [1.165, 1.54) is 0 Å². The number of morpholine rings is 1. The van der Waals surface area contributed by atoms with Crippen molar-refractivity contribution in [1.29, 1.82) is 0 Å². The highest BCUT2D eigenvalue weighted by Crippen LogP contribution is 2.45. The monoisotopic (exact) mass is 541 g/mol. The summed E-state index contributed by atoms with van der Waals surface area (Å²) in [4.78, 5) is 29.0. The van der Waals surface area contributed by atoms with Gasteiger partial charge in [-0.2, -0.15) is 0 Å². The lowest BCUT2D eigenvalue weighted by Crippen LogP contribution is -2.51. The lowest BCUT2D eigenvalue weighted by molar-refractivity contribution is -0.136. The van der Waals surface area contributed by atoms with E-state index in [-0.39, 0.29) is 5.91 Å². The van der Waals surface area contributed by atoms with Crippen LogP contribution in [0.3, 0.4) is 0 Å². The molecule has 0 saturated carbocycles. The van der Waals surface area contributed by atoms with Gasteiger partial charge in [0.1, 0.15) is 11.3 Å². The third kappa shape index (κ3) is 5.29. The summed E-state index contributed by atoms with van der Waals surface area (Å²) in [5.41, 5.74) is 1.47. The Bertz CT molecular complexity index is 1290. The van der Waals surface area contributed by atoms with E-state index >= 15 is 0 Å². The van der Waals surface area contributed by atoms with Gasteiger partial charge in [0.25, 0.3) is 0 Å². The number of methoxy groups -OCH3 is 3. The second-order valence-electron chi connectivity index (χ2n) is 9.18. The highest BCUT2D eigenvalue weighted by molar-refractivity contribution is 6.30. The summed E-state index contributed by atoms with van der Waals surface area (Å²) < 4.78 is 22.4. The van der Waals surface area contributed by atoms with Crippen molar-refractivity contribution in [2.75, 3.05) is 85.3 Å². The van der Waals surface area contributed by atoms with Crippen LogP contribution in [-0.4, -0.2) is 106 Å². The number of hydrogen-bond donors (Lipinski definition) is 0. The molecule has 1 aromatic heterocycles. The van der Waals surface area contributed by atoms with Gasteiger partial charge in [-0.3, -0.25) is 9.69 Å². The zero-order chi connectivity index (χ0) is 26.6. The quantitative estimate of drug-likeness (QED) is 0.448. The Morgan fingerprint density at radius 3 is 2.24 bits per heavy atom. The Morgan fingerprint density at radius 2 is 1.61 bits per heavy atom. The van der Waals surface area contributed by atoms with E-state index in [2.05, 4.69) is 9.80 Å². The first-order valence-corrected chi connectivity index (χ1v) is 13.0. The van der Waals surface area contributed by atoms with Crippen molar-refractivity contribution >= 4 is 34.2 Å². The number of aromatic nitrogens is 2. The second-order valence-corrected chi connectivity index (χ2v) is 9.61. The first-order chi connectivity index (χ1) is 18.5. The molecule has 2 saturated heterocycles. The highest BCUT2D eigenvalue weighted by atomic mass is 35.5. The third-order valence-corrected chi connectivity index (χ3v) is 7.22. The van der Waals surface area contributed by atoms with Gasteiger partial charge in [-0.15, -0.1) is 0 Å². The molecule has 0 radical (unpaired) electrons. The Hall–Kier alpha value is -3.34. The number of nitrogens with zero attached hydrogens (tertiary/aromatic N) is 5. The molecule has 0 N–H and O–H groups in total. The van der Waals surface area contributed by atoms with Crippen molar-refractivity contribution in [1.82, 2.24) is 19.8 Å². The van der Waals surface area contributed by atoms with E-state index in [0.717, 1.165) is 29.9 Å². The number of benzene rings is 2. The van der Waals surface area contributed by atoms with Crippen LogP contribution in [0.25, 0.3) is 22.3 Å². The van der Waals surface area contributed by atoms with Crippen molar-refractivity contribution in [3.05, 3.63) is 35.4 Å². The lowest BCUT2D eigenvalue weighted by atomic mass is 10.1. The summed E-state index contributed by atoms with van der Waals surface area (Å²) in [7, 11) is 4.76. The molecule has 202 valence electrons. The number of ether oxygens (including phenoxy) is 4. The van der Waals surface area contributed by atoms with Gasteiger partial charge in [-0.05, 0) is 30.3 Å². The van der Waals surface area contributed by atoms with Crippen molar-refractivity contribution in [3.63, 3.8) is 0 Å². The zero-order valence-electron chi connectivity index (χ0n) is 21.9. The molecule has 0 aliphatic carbocycles. The van der Waals surface area contributed by atoms with Crippen LogP contribution in [0.1, 0.15) is 0 Å². The summed E-state index contributed by atoms with van der Waals surface area (Å²) in [6, 6.07) is 9.33. The van der Waals surface area contributed by atoms with Crippen LogP contribution in [0.5, 0.6) is 17.2 Å². The first kappa shape index (κ1) is 26.3. The van der Waals surface area contributed by atoms with Gasteiger partial charge < -0.3 is 28.7 Å². The molecule has 0 bridgehead atoms. The van der Waals surface area contributed by atoms with Crippen LogP contribution in [-0.2, 0) is 9.53 Å². The van der Waals surface area contributed by atoms with Crippen molar-refractivity contribution in [2.45, 2.75) is 0 Å². The van der Waals surface area contributed by atoms with Crippen molar-refractivity contribution in [3.8, 4) is 28.6 Å². The molecule has 2 aliphatic rings. The molecule has 0 atom stereocenters. The Labute approximate surface area is 227 Å². The minimum atomic E-state index is 0.154. The van der Waals surface area contributed by atoms with Crippen molar-refractivity contribution < 1.29 is 23.7 Å². The second kappa shape index (κ2) is 11.6.